The molecule has 0 fully saturated rings. The summed E-state index contributed by atoms with van der Waals surface area (Å²) in [5.74, 6) is -0.690. The van der Waals surface area contributed by atoms with Gasteiger partial charge >= 0.3 is 13.6 Å². The minimum absolute atomic E-state index is 0.0865. The maximum absolute atomic E-state index is 13.8. The Morgan fingerprint density at radius 2 is 1.66 bits per heavy atom. The lowest BCUT2D eigenvalue weighted by atomic mass is 9.86. The maximum Gasteiger partial charge on any atom is 0.396 e. The van der Waals surface area contributed by atoms with Gasteiger partial charge in [0.1, 0.15) is 5.76 Å². The molecular formula is C25H31O6P. The van der Waals surface area contributed by atoms with Gasteiger partial charge in [-0.25, -0.2) is 4.79 Å². The van der Waals surface area contributed by atoms with Crippen LogP contribution in [0.1, 0.15) is 53.0 Å². The summed E-state index contributed by atoms with van der Waals surface area (Å²) in [5, 5.41) is 2.02. The minimum atomic E-state index is -3.78. The molecule has 1 heterocycles. The Bertz CT molecular complexity index is 1080. The summed E-state index contributed by atoms with van der Waals surface area (Å²) < 4.78 is 36.6. The predicted octanol–water partition coefficient (Wildman–Crippen LogP) is 6.68. The third-order valence-corrected chi connectivity index (χ3v) is 7.06. The van der Waals surface area contributed by atoms with Crippen LogP contribution in [0, 0.1) is 0 Å². The van der Waals surface area contributed by atoms with Crippen LogP contribution in [0.5, 0.6) is 0 Å². The smallest absolute Gasteiger partial charge is 0.396 e. The van der Waals surface area contributed by atoms with E-state index in [4.69, 9.17) is 18.5 Å². The zero-order valence-electron chi connectivity index (χ0n) is 19.5. The second-order valence-electron chi connectivity index (χ2n) is 8.15. The summed E-state index contributed by atoms with van der Waals surface area (Å²) in [6.07, 6.45) is 0.971. The molecule has 0 aromatic heterocycles. The summed E-state index contributed by atoms with van der Waals surface area (Å²) >= 11 is 0. The van der Waals surface area contributed by atoms with Crippen LogP contribution in [-0.2, 0) is 27.9 Å². The van der Waals surface area contributed by atoms with Crippen molar-refractivity contribution in [2.45, 2.75) is 59.7 Å². The van der Waals surface area contributed by atoms with Gasteiger partial charge in [-0.05, 0) is 64.0 Å². The highest BCUT2D eigenvalue weighted by Crippen LogP contribution is 2.61. The van der Waals surface area contributed by atoms with E-state index in [2.05, 4.69) is 0 Å². The van der Waals surface area contributed by atoms with Gasteiger partial charge in [0, 0.05) is 5.92 Å². The predicted molar refractivity (Wildman–Crippen MR) is 125 cm³/mol. The van der Waals surface area contributed by atoms with Crippen molar-refractivity contribution in [1.29, 1.82) is 0 Å². The van der Waals surface area contributed by atoms with Gasteiger partial charge in [-0.3, -0.25) is 4.57 Å². The van der Waals surface area contributed by atoms with E-state index in [0.29, 0.717) is 11.3 Å². The monoisotopic (exact) mass is 458 g/mol. The number of ether oxygens (including phenoxy) is 2. The van der Waals surface area contributed by atoms with E-state index in [1.165, 1.54) is 0 Å². The Morgan fingerprint density at radius 3 is 2.28 bits per heavy atom. The summed E-state index contributed by atoms with van der Waals surface area (Å²) in [7, 11) is -3.78. The summed E-state index contributed by atoms with van der Waals surface area (Å²) in [5.41, 5.74) is 1.34. The topological polar surface area (TPSA) is 71.1 Å². The molecule has 0 aliphatic carbocycles. The number of allylic oxidation sites excluding steroid dienone is 2. The fraction of sp³-hybridized carbons (Fsp3) is 0.400. The van der Waals surface area contributed by atoms with Crippen molar-refractivity contribution in [1.82, 2.24) is 0 Å². The highest BCUT2D eigenvalue weighted by molar-refractivity contribution is 7.58. The fourth-order valence-electron chi connectivity index (χ4n) is 3.77. The minimum Gasteiger partial charge on any atom is -0.463 e. The van der Waals surface area contributed by atoms with Gasteiger partial charge in [0.2, 0.25) is 5.50 Å². The molecule has 1 unspecified atom stereocenters. The molecular weight excluding hydrogens is 427 g/mol. The van der Waals surface area contributed by atoms with E-state index in [1.807, 2.05) is 42.5 Å². The molecule has 0 N–H and O–H groups in total. The molecule has 1 atom stereocenters. The average molecular weight is 458 g/mol. The Kier molecular flexibility index (Phi) is 7.60. The largest absolute Gasteiger partial charge is 0.463 e. The summed E-state index contributed by atoms with van der Waals surface area (Å²) in [6.45, 7) is 10.8. The van der Waals surface area contributed by atoms with Gasteiger partial charge in [0.05, 0.1) is 24.4 Å². The van der Waals surface area contributed by atoms with Crippen LogP contribution in [0.25, 0.3) is 10.8 Å². The van der Waals surface area contributed by atoms with E-state index >= 15 is 0 Å². The number of carbonyl (C=O) groups excluding carboxylic acids is 1. The van der Waals surface area contributed by atoms with Gasteiger partial charge in [-0.15, -0.1) is 0 Å². The Balaban J connectivity index is 2.21. The SMILES string of the molecule is CCOC(=O)C1=C(C)OC(P(=O)(OC(C)C)OC(C)C)=CC1c1cccc2ccccc12. The molecule has 32 heavy (non-hydrogen) atoms. The van der Waals surface area contributed by atoms with Gasteiger partial charge in [0.25, 0.3) is 0 Å². The molecule has 2 aromatic carbocycles. The van der Waals surface area contributed by atoms with E-state index in [-0.39, 0.29) is 24.3 Å². The van der Waals surface area contributed by atoms with Crippen molar-refractivity contribution in [3.63, 3.8) is 0 Å². The standard InChI is InChI=1S/C25H31O6P/c1-7-28-25(26)24-18(6)29-23(32(27,30-16(2)3)31-17(4)5)15-22(24)21-14-10-12-19-11-8-9-13-20(19)21/h8-17,22H,7H2,1-6H3. The first-order valence-corrected chi connectivity index (χ1v) is 12.4. The van der Waals surface area contributed by atoms with Gasteiger partial charge in [-0.2, -0.15) is 0 Å². The van der Waals surface area contributed by atoms with E-state index in [0.717, 1.165) is 16.3 Å². The zero-order chi connectivity index (χ0) is 23.5. The first-order valence-electron chi connectivity index (χ1n) is 10.9. The molecule has 1 aliphatic heterocycles. The van der Waals surface area contributed by atoms with Crippen molar-refractivity contribution in [2.75, 3.05) is 6.61 Å². The van der Waals surface area contributed by atoms with Crippen molar-refractivity contribution < 1.29 is 27.9 Å². The second-order valence-corrected chi connectivity index (χ2v) is 10.0. The van der Waals surface area contributed by atoms with E-state index in [1.54, 1.807) is 47.6 Å². The third kappa shape index (κ3) is 5.15. The normalized spacial score (nSPS) is 17.0. The summed E-state index contributed by atoms with van der Waals surface area (Å²) in [4.78, 5) is 12.9. The van der Waals surface area contributed by atoms with E-state index < -0.39 is 19.5 Å². The number of fused-ring (bicyclic) bond motifs is 1. The van der Waals surface area contributed by atoms with Crippen LogP contribution in [0.2, 0.25) is 0 Å². The molecule has 0 amide bonds. The molecule has 3 rings (SSSR count). The number of carbonyl (C=O) groups is 1. The molecule has 7 heteroatoms. The highest BCUT2D eigenvalue weighted by Gasteiger charge is 2.41. The highest BCUT2D eigenvalue weighted by atomic mass is 31.2. The molecule has 172 valence electrons. The molecule has 0 saturated heterocycles. The van der Waals surface area contributed by atoms with Crippen LogP contribution in [0.4, 0.5) is 0 Å². The lowest BCUT2D eigenvalue weighted by Gasteiger charge is -2.30. The third-order valence-electron chi connectivity index (χ3n) is 4.88. The van der Waals surface area contributed by atoms with Crippen molar-refractivity contribution in [3.05, 3.63) is 70.9 Å². The zero-order valence-corrected chi connectivity index (χ0v) is 20.3. The number of hydrogen-bond acceptors (Lipinski definition) is 6. The average Bonchev–Trinajstić information content (AvgIpc) is 2.71. The quantitative estimate of drug-likeness (QED) is 0.325. The van der Waals surface area contributed by atoms with Gasteiger partial charge < -0.3 is 18.5 Å². The fourth-order valence-corrected chi connectivity index (χ4v) is 5.72. The maximum atomic E-state index is 13.8. The Morgan fingerprint density at radius 1 is 1.03 bits per heavy atom. The van der Waals surface area contributed by atoms with Crippen LogP contribution < -0.4 is 0 Å². The first-order chi connectivity index (χ1) is 15.2. The Labute approximate surface area is 189 Å². The van der Waals surface area contributed by atoms with Gasteiger partial charge in [0.15, 0.2) is 0 Å². The van der Waals surface area contributed by atoms with Crippen LogP contribution in [0.3, 0.4) is 0 Å². The van der Waals surface area contributed by atoms with Crippen molar-refractivity contribution in [3.8, 4) is 0 Å². The molecule has 0 spiro atoms. The van der Waals surface area contributed by atoms with Crippen molar-refractivity contribution >= 4 is 24.3 Å². The van der Waals surface area contributed by atoms with Crippen LogP contribution in [-0.4, -0.2) is 24.8 Å². The number of rotatable bonds is 8. The lowest BCUT2D eigenvalue weighted by Crippen LogP contribution is -2.21. The number of benzene rings is 2. The molecule has 6 nitrogen and oxygen atoms in total. The molecule has 2 aromatic rings. The molecule has 0 radical (unpaired) electrons. The Hall–Kier alpha value is -2.40. The second kappa shape index (κ2) is 10.0. The van der Waals surface area contributed by atoms with Crippen LogP contribution >= 0.6 is 7.60 Å². The first kappa shape index (κ1) is 24.2. The molecule has 0 saturated carbocycles. The van der Waals surface area contributed by atoms with Crippen LogP contribution in [0.15, 0.2) is 65.4 Å². The lowest BCUT2D eigenvalue weighted by molar-refractivity contribution is -0.139. The summed E-state index contributed by atoms with van der Waals surface area (Å²) in [6, 6.07) is 13.8. The molecule has 0 bridgehead atoms. The number of hydrogen-bond donors (Lipinski definition) is 0. The van der Waals surface area contributed by atoms with Gasteiger partial charge in [-0.1, -0.05) is 42.5 Å². The number of esters is 1. The van der Waals surface area contributed by atoms with Crippen molar-refractivity contribution in [2.24, 2.45) is 0 Å². The molecule has 1 aliphatic rings. The van der Waals surface area contributed by atoms with E-state index in [9.17, 15) is 9.36 Å².